The SMILES string of the molecule is COc1cccc(CNC(=O)NCC2CCN(Cc3ccccc3)CC2)c1. The minimum atomic E-state index is -0.107. The third-order valence-electron chi connectivity index (χ3n) is 5.09. The smallest absolute Gasteiger partial charge is 0.315 e. The van der Waals surface area contributed by atoms with E-state index in [1.165, 1.54) is 5.56 Å². The van der Waals surface area contributed by atoms with Crippen molar-refractivity contribution in [2.45, 2.75) is 25.9 Å². The van der Waals surface area contributed by atoms with Crippen molar-refractivity contribution < 1.29 is 9.53 Å². The topological polar surface area (TPSA) is 53.6 Å². The lowest BCUT2D eigenvalue weighted by Gasteiger charge is -2.32. The Bertz CT molecular complexity index is 713. The first-order valence-electron chi connectivity index (χ1n) is 9.64. The van der Waals surface area contributed by atoms with Crippen LogP contribution >= 0.6 is 0 Å². The molecule has 1 fully saturated rings. The van der Waals surface area contributed by atoms with Crippen molar-refractivity contribution in [3.63, 3.8) is 0 Å². The summed E-state index contributed by atoms with van der Waals surface area (Å²) < 4.78 is 5.20. The number of methoxy groups -OCH3 is 1. The average molecular weight is 367 g/mol. The number of likely N-dealkylation sites (tertiary alicyclic amines) is 1. The Labute approximate surface area is 161 Å². The van der Waals surface area contributed by atoms with E-state index >= 15 is 0 Å². The Morgan fingerprint density at radius 3 is 2.52 bits per heavy atom. The van der Waals surface area contributed by atoms with Crippen LogP contribution in [0.3, 0.4) is 0 Å². The predicted octanol–water partition coefficient (Wildman–Crippen LogP) is 3.41. The van der Waals surface area contributed by atoms with Crippen LogP contribution in [0.4, 0.5) is 4.79 Å². The van der Waals surface area contributed by atoms with Gasteiger partial charge >= 0.3 is 6.03 Å². The Morgan fingerprint density at radius 1 is 1.04 bits per heavy atom. The van der Waals surface area contributed by atoms with E-state index in [4.69, 9.17) is 4.74 Å². The Balaban J connectivity index is 1.33. The van der Waals surface area contributed by atoms with Gasteiger partial charge in [0.25, 0.3) is 0 Å². The number of nitrogens with one attached hydrogen (secondary N) is 2. The fraction of sp³-hybridized carbons (Fsp3) is 0.409. The van der Waals surface area contributed by atoms with Crippen LogP contribution in [-0.4, -0.2) is 37.7 Å². The Hall–Kier alpha value is -2.53. The van der Waals surface area contributed by atoms with Gasteiger partial charge in [-0.15, -0.1) is 0 Å². The molecule has 0 bridgehead atoms. The predicted molar refractivity (Wildman–Crippen MR) is 108 cm³/mol. The highest BCUT2D eigenvalue weighted by atomic mass is 16.5. The number of nitrogens with zero attached hydrogens (tertiary/aromatic N) is 1. The first kappa shape index (κ1) is 19.2. The van der Waals surface area contributed by atoms with E-state index in [2.05, 4.69) is 45.9 Å². The molecule has 1 saturated heterocycles. The number of carbonyl (C=O) groups excluding carboxylic acids is 1. The molecular weight excluding hydrogens is 338 g/mol. The van der Waals surface area contributed by atoms with Crippen molar-refractivity contribution in [1.29, 1.82) is 0 Å². The average Bonchev–Trinajstić information content (AvgIpc) is 2.72. The zero-order chi connectivity index (χ0) is 18.9. The second-order valence-corrected chi connectivity index (χ2v) is 7.12. The molecule has 144 valence electrons. The van der Waals surface area contributed by atoms with Crippen molar-refractivity contribution >= 4 is 6.03 Å². The van der Waals surface area contributed by atoms with Crippen LogP contribution in [0.2, 0.25) is 0 Å². The fourth-order valence-corrected chi connectivity index (χ4v) is 3.45. The number of benzene rings is 2. The summed E-state index contributed by atoms with van der Waals surface area (Å²) in [6, 6.07) is 18.2. The number of carbonyl (C=O) groups is 1. The summed E-state index contributed by atoms with van der Waals surface area (Å²) in [6.07, 6.45) is 2.26. The fourth-order valence-electron chi connectivity index (χ4n) is 3.45. The molecule has 3 rings (SSSR count). The molecule has 1 aliphatic heterocycles. The highest BCUT2D eigenvalue weighted by Gasteiger charge is 2.19. The van der Waals surface area contributed by atoms with Crippen LogP contribution in [0, 0.1) is 5.92 Å². The summed E-state index contributed by atoms with van der Waals surface area (Å²) in [5, 5.41) is 5.93. The molecule has 2 N–H and O–H groups in total. The standard InChI is InChI=1S/C22H29N3O2/c1-27-21-9-5-8-20(14-21)16-24-22(26)23-15-18-10-12-25(13-11-18)17-19-6-3-2-4-7-19/h2-9,14,18H,10-13,15-17H2,1H3,(H2,23,24,26). The van der Waals surface area contributed by atoms with Gasteiger partial charge in [0.1, 0.15) is 5.75 Å². The second-order valence-electron chi connectivity index (χ2n) is 7.12. The molecule has 2 amide bonds. The molecule has 0 aromatic heterocycles. The van der Waals surface area contributed by atoms with Gasteiger partial charge in [-0.1, -0.05) is 42.5 Å². The normalized spacial score (nSPS) is 15.3. The van der Waals surface area contributed by atoms with Crippen LogP contribution in [-0.2, 0) is 13.1 Å². The van der Waals surface area contributed by atoms with Crippen LogP contribution in [0.5, 0.6) is 5.75 Å². The van der Waals surface area contributed by atoms with Crippen LogP contribution in [0.15, 0.2) is 54.6 Å². The molecule has 0 unspecified atom stereocenters. The van der Waals surface area contributed by atoms with Gasteiger partial charge in [0.05, 0.1) is 7.11 Å². The zero-order valence-electron chi connectivity index (χ0n) is 16.0. The molecule has 0 radical (unpaired) electrons. The molecule has 27 heavy (non-hydrogen) atoms. The van der Waals surface area contributed by atoms with Gasteiger partial charge in [0, 0.05) is 19.6 Å². The van der Waals surface area contributed by atoms with E-state index in [0.29, 0.717) is 12.5 Å². The molecule has 0 saturated carbocycles. The van der Waals surface area contributed by atoms with Crippen molar-refractivity contribution in [3.8, 4) is 5.75 Å². The van der Waals surface area contributed by atoms with E-state index in [-0.39, 0.29) is 6.03 Å². The third kappa shape index (κ3) is 6.29. The van der Waals surface area contributed by atoms with E-state index < -0.39 is 0 Å². The molecule has 0 aliphatic carbocycles. The van der Waals surface area contributed by atoms with E-state index in [1.54, 1.807) is 7.11 Å². The molecule has 1 heterocycles. The van der Waals surface area contributed by atoms with Crippen molar-refractivity contribution in [2.24, 2.45) is 5.92 Å². The first-order valence-corrected chi connectivity index (χ1v) is 9.64. The highest BCUT2D eigenvalue weighted by Crippen LogP contribution is 2.18. The molecule has 5 nitrogen and oxygen atoms in total. The molecule has 2 aromatic carbocycles. The van der Waals surface area contributed by atoms with E-state index in [1.807, 2.05) is 24.3 Å². The van der Waals surface area contributed by atoms with Gasteiger partial charge in [0.2, 0.25) is 0 Å². The summed E-state index contributed by atoms with van der Waals surface area (Å²) >= 11 is 0. The van der Waals surface area contributed by atoms with Crippen molar-refractivity contribution in [1.82, 2.24) is 15.5 Å². The number of amides is 2. The lowest BCUT2D eigenvalue weighted by molar-refractivity contribution is 0.175. The number of urea groups is 1. The second kappa shape index (κ2) is 9.97. The number of hydrogen-bond acceptors (Lipinski definition) is 3. The number of hydrogen-bond donors (Lipinski definition) is 2. The highest BCUT2D eigenvalue weighted by molar-refractivity contribution is 5.73. The van der Waals surface area contributed by atoms with Crippen LogP contribution in [0.25, 0.3) is 0 Å². The minimum Gasteiger partial charge on any atom is -0.497 e. The minimum absolute atomic E-state index is 0.107. The maximum Gasteiger partial charge on any atom is 0.315 e. The number of ether oxygens (including phenoxy) is 1. The maximum atomic E-state index is 12.1. The van der Waals surface area contributed by atoms with Crippen LogP contribution < -0.4 is 15.4 Å². The first-order chi connectivity index (χ1) is 13.2. The maximum absolute atomic E-state index is 12.1. The molecular formula is C22H29N3O2. The van der Waals surface area contributed by atoms with Gasteiger partial charge in [-0.2, -0.15) is 0 Å². The Kier molecular flexibility index (Phi) is 7.11. The van der Waals surface area contributed by atoms with Gasteiger partial charge in [-0.3, -0.25) is 4.90 Å². The zero-order valence-corrected chi connectivity index (χ0v) is 16.0. The quantitative estimate of drug-likeness (QED) is 0.789. The molecule has 0 atom stereocenters. The summed E-state index contributed by atoms with van der Waals surface area (Å²) in [6.45, 7) is 4.43. The summed E-state index contributed by atoms with van der Waals surface area (Å²) in [5.74, 6) is 1.36. The Morgan fingerprint density at radius 2 is 1.78 bits per heavy atom. The van der Waals surface area contributed by atoms with Gasteiger partial charge < -0.3 is 15.4 Å². The van der Waals surface area contributed by atoms with Gasteiger partial charge in [-0.05, 0) is 55.1 Å². The number of piperidine rings is 1. The van der Waals surface area contributed by atoms with Gasteiger partial charge in [0.15, 0.2) is 0 Å². The molecule has 2 aromatic rings. The van der Waals surface area contributed by atoms with Crippen molar-refractivity contribution in [2.75, 3.05) is 26.7 Å². The molecule has 5 heteroatoms. The van der Waals surface area contributed by atoms with Gasteiger partial charge in [-0.25, -0.2) is 4.79 Å². The molecule has 0 spiro atoms. The van der Waals surface area contributed by atoms with Crippen molar-refractivity contribution in [3.05, 3.63) is 65.7 Å². The lowest BCUT2D eigenvalue weighted by atomic mass is 9.96. The molecule has 1 aliphatic rings. The summed E-state index contributed by atoms with van der Waals surface area (Å²) in [5.41, 5.74) is 2.39. The lowest BCUT2D eigenvalue weighted by Crippen LogP contribution is -2.41. The number of rotatable bonds is 7. The largest absolute Gasteiger partial charge is 0.497 e. The third-order valence-corrected chi connectivity index (χ3v) is 5.09. The summed E-state index contributed by atoms with van der Waals surface area (Å²) in [7, 11) is 1.64. The van der Waals surface area contributed by atoms with Crippen LogP contribution in [0.1, 0.15) is 24.0 Å². The van der Waals surface area contributed by atoms with E-state index in [9.17, 15) is 4.79 Å². The van der Waals surface area contributed by atoms with E-state index in [0.717, 1.165) is 50.3 Å². The monoisotopic (exact) mass is 367 g/mol. The summed E-state index contributed by atoms with van der Waals surface area (Å²) in [4.78, 5) is 14.5.